The summed E-state index contributed by atoms with van der Waals surface area (Å²) in [4.78, 5) is 16.0. The van der Waals surface area contributed by atoms with Crippen LogP contribution in [0.1, 0.15) is 21.5 Å². The molecule has 0 saturated heterocycles. The van der Waals surface area contributed by atoms with Gasteiger partial charge in [-0.1, -0.05) is 29.3 Å². The first-order valence-electron chi connectivity index (χ1n) is 7.37. The van der Waals surface area contributed by atoms with Crippen molar-refractivity contribution in [3.63, 3.8) is 0 Å². The van der Waals surface area contributed by atoms with E-state index in [2.05, 4.69) is 5.48 Å². The van der Waals surface area contributed by atoms with Crippen molar-refractivity contribution >= 4 is 40.6 Å². The second-order valence-electron chi connectivity index (χ2n) is 5.76. The molecule has 0 aliphatic carbocycles. The van der Waals surface area contributed by atoms with Crippen molar-refractivity contribution < 1.29 is 27.9 Å². The Balaban J connectivity index is 2.12. The summed E-state index contributed by atoms with van der Waals surface area (Å²) in [6.07, 6.45) is -4.02. The molecular weight excluding hydrogens is 408 g/mol. The van der Waals surface area contributed by atoms with Crippen molar-refractivity contribution in [3.8, 4) is 0 Å². The minimum absolute atomic E-state index is 0.0154. The third-order valence-corrected chi connectivity index (χ3v) is 4.41. The molecule has 1 aliphatic rings. The SMILES string of the molecule is Nc1cc(C2=CC(c3cc(Cl)cc(Cl)c3)(C(F)(F)F)ON2)ccc1C(=O)O. The van der Waals surface area contributed by atoms with Crippen LogP contribution in [0.2, 0.25) is 10.0 Å². The molecule has 0 amide bonds. The maximum atomic E-state index is 13.9. The molecule has 4 N–H and O–H groups in total. The molecule has 0 spiro atoms. The molecule has 0 saturated carbocycles. The molecule has 0 radical (unpaired) electrons. The number of rotatable bonds is 3. The van der Waals surface area contributed by atoms with Crippen LogP contribution >= 0.6 is 23.2 Å². The van der Waals surface area contributed by atoms with Gasteiger partial charge in [-0.05, 0) is 36.4 Å². The van der Waals surface area contributed by atoms with Gasteiger partial charge in [-0.25, -0.2) is 4.79 Å². The van der Waals surface area contributed by atoms with Gasteiger partial charge in [-0.2, -0.15) is 13.2 Å². The summed E-state index contributed by atoms with van der Waals surface area (Å²) in [5, 5.41) is 9.03. The van der Waals surface area contributed by atoms with Crippen LogP contribution in [0.5, 0.6) is 0 Å². The lowest BCUT2D eigenvalue weighted by molar-refractivity contribution is -0.269. The molecule has 0 aromatic heterocycles. The molecule has 1 heterocycles. The third-order valence-electron chi connectivity index (χ3n) is 3.98. The number of hydrogen-bond donors (Lipinski definition) is 3. The minimum Gasteiger partial charge on any atom is -0.478 e. The first-order valence-corrected chi connectivity index (χ1v) is 8.12. The summed E-state index contributed by atoms with van der Waals surface area (Å²) in [6, 6.07) is 7.25. The number of nitrogens with two attached hydrogens (primary N) is 1. The molecule has 10 heteroatoms. The molecule has 2 aromatic carbocycles. The smallest absolute Gasteiger partial charge is 0.428 e. The van der Waals surface area contributed by atoms with Crippen LogP contribution in [0.3, 0.4) is 0 Å². The highest BCUT2D eigenvalue weighted by Crippen LogP contribution is 2.48. The predicted molar refractivity (Wildman–Crippen MR) is 94.2 cm³/mol. The number of carbonyl (C=O) groups is 1. The number of anilines is 1. The average Bonchev–Trinajstić information content (AvgIpc) is 3.00. The molecule has 0 fully saturated rings. The highest BCUT2D eigenvalue weighted by Gasteiger charge is 2.59. The Morgan fingerprint density at radius 3 is 2.30 bits per heavy atom. The lowest BCUT2D eigenvalue weighted by Gasteiger charge is -2.28. The predicted octanol–water partition coefficient (Wildman–Crippen LogP) is 4.61. The number of nitrogens with one attached hydrogen (secondary N) is 1. The van der Waals surface area contributed by atoms with E-state index in [0.29, 0.717) is 0 Å². The van der Waals surface area contributed by atoms with Crippen LogP contribution in [-0.2, 0) is 10.4 Å². The fourth-order valence-electron chi connectivity index (χ4n) is 2.68. The summed E-state index contributed by atoms with van der Waals surface area (Å²) in [7, 11) is 0. The first kappa shape index (κ1) is 19.3. The number of benzene rings is 2. The Morgan fingerprint density at radius 2 is 1.78 bits per heavy atom. The highest BCUT2D eigenvalue weighted by molar-refractivity contribution is 6.34. The Morgan fingerprint density at radius 1 is 1.15 bits per heavy atom. The molecule has 142 valence electrons. The molecule has 1 atom stereocenters. The molecule has 0 bridgehead atoms. The Kier molecular flexibility index (Phi) is 4.75. The number of hydrogen-bond acceptors (Lipinski definition) is 4. The van der Waals surface area contributed by atoms with Crippen molar-refractivity contribution in [1.82, 2.24) is 5.48 Å². The van der Waals surface area contributed by atoms with Gasteiger partial charge in [0.15, 0.2) is 0 Å². The highest BCUT2D eigenvalue weighted by atomic mass is 35.5. The lowest BCUT2D eigenvalue weighted by atomic mass is 9.91. The average molecular weight is 419 g/mol. The van der Waals surface area contributed by atoms with Crippen molar-refractivity contribution in [3.05, 3.63) is 69.2 Å². The van der Waals surface area contributed by atoms with E-state index in [4.69, 9.17) is 38.9 Å². The molecular formula is C17H11Cl2F3N2O3. The summed E-state index contributed by atoms with van der Waals surface area (Å²) < 4.78 is 41.7. The molecule has 1 unspecified atom stereocenters. The van der Waals surface area contributed by atoms with Gasteiger partial charge in [-0.15, -0.1) is 0 Å². The van der Waals surface area contributed by atoms with Crippen LogP contribution in [0, 0.1) is 0 Å². The second-order valence-corrected chi connectivity index (χ2v) is 6.63. The standard InChI is InChI=1S/C17H11Cl2F3N2O3/c18-10-4-9(5-11(19)6-10)16(17(20,21)22)7-14(24-27-16)8-1-2-12(15(25)26)13(23)3-8/h1-7,24H,23H2,(H,25,26). The number of nitrogen functional groups attached to an aromatic ring is 1. The van der Waals surface area contributed by atoms with Gasteiger partial charge >= 0.3 is 12.1 Å². The van der Waals surface area contributed by atoms with Gasteiger partial charge in [0.2, 0.25) is 5.60 Å². The fraction of sp³-hybridized carbons (Fsp3) is 0.118. The zero-order valence-corrected chi connectivity index (χ0v) is 14.8. The van der Waals surface area contributed by atoms with Crippen molar-refractivity contribution in [2.24, 2.45) is 0 Å². The van der Waals surface area contributed by atoms with Gasteiger partial charge < -0.3 is 10.8 Å². The van der Waals surface area contributed by atoms with Crippen molar-refractivity contribution in [2.45, 2.75) is 11.8 Å². The number of hydroxylamine groups is 1. The summed E-state index contributed by atoms with van der Waals surface area (Å²) in [5.41, 5.74) is 4.67. The number of carboxylic acids is 1. The van der Waals surface area contributed by atoms with E-state index in [9.17, 15) is 18.0 Å². The molecule has 5 nitrogen and oxygen atoms in total. The maximum Gasteiger partial charge on any atom is 0.428 e. The zero-order valence-electron chi connectivity index (χ0n) is 13.3. The van der Waals surface area contributed by atoms with E-state index in [1.165, 1.54) is 24.3 Å². The minimum atomic E-state index is -4.84. The third kappa shape index (κ3) is 3.43. The van der Waals surface area contributed by atoms with Gasteiger partial charge in [0, 0.05) is 26.9 Å². The van der Waals surface area contributed by atoms with E-state index in [-0.39, 0.29) is 38.1 Å². The summed E-state index contributed by atoms with van der Waals surface area (Å²) in [5.74, 6) is -1.25. The van der Waals surface area contributed by atoms with Crippen molar-refractivity contribution in [1.29, 1.82) is 0 Å². The van der Waals surface area contributed by atoms with E-state index in [0.717, 1.165) is 18.2 Å². The fourth-order valence-corrected chi connectivity index (χ4v) is 3.20. The van der Waals surface area contributed by atoms with Gasteiger partial charge in [0.25, 0.3) is 0 Å². The van der Waals surface area contributed by atoms with E-state index in [1.807, 2.05) is 0 Å². The van der Waals surface area contributed by atoms with Crippen molar-refractivity contribution in [2.75, 3.05) is 5.73 Å². The first-order chi connectivity index (χ1) is 12.5. The topological polar surface area (TPSA) is 84.6 Å². The van der Waals surface area contributed by atoms with Gasteiger partial charge in [0.1, 0.15) is 0 Å². The summed E-state index contributed by atoms with van der Waals surface area (Å²) in [6.45, 7) is 0. The normalized spacial score (nSPS) is 19.5. The Labute approximate surface area is 161 Å². The molecule has 3 rings (SSSR count). The molecule has 1 aliphatic heterocycles. The van der Waals surface area contributed by atoms with Crippen LogP contribution in [0.25, 0.3) is 5.70 Å². The zero-order chi connectivity index (χ0) is 20.0. The lowest BCUT2D eigenvalue weighted by Crippen LogP contribution is -2.42. The van der Waals surface area contributed by atoms with E-state index in [1.54, 1.807) is 0 Å². The molecule has 27 heavy (non-hydrogen) atoms. The number of alkyl halides is 3. The largest absolute Gasteiger partial charge is 0.478 e. The van der Waals surface area contributed by atoms with Crippen LogP contribution in [-0.4, -0.2) is 17.3 Å². The number of halogens is 5. The van der Waals surface area contributed by atoms with Crippen LogP contribution in [0.15, 0.2) is 42.5 Å². The van der Waals surface area contributed by atoms with Gasteiger partial charge in [-0.3, -0.25) is 10.3 Å². The molecule has 2 aromatic rings. The second kappa shape index (κ2) is 6.63. The number of carboxylic acid groups (broad SMARTS) is 1. The summed E-state index contributed by atoms with van der Waals surface area (Å²) >= 11 is 11.7. The number of aromatic carboxylic acids is 1. The van der Waals surface area contributed by atoms with Crippen LogP contribution in [0.4, 0.5) is 18.9 Å². The van der Waals surface area contributed by atoms with E-state index < -0.39 is 17.7 Å². The van der Waals surface area contributed by atoms with Gasteiger partial charge in [0.05, 0.1) is 11.3 Å². The van der Waals surface area contributed by atoms with Crippen LogP contribution < -0.4 is 11.2 Å². The van der Waals surface area contributed by atoms with E-state index >= 15 is 0 Å². The maximum absolute atomic E-state index is 13.9. The Hall–Kier alpha value is -2.42. The quantitative estimate of drug-likeness (QED) is 0.633. The monoisotopic (exact) mass is 418 g/mol. The Bertz CT molecular complexity index is 943.